The fraction of sp³-hybridized carbons (Fsp3) is 0.364. The zero-order valence-electron chi connectivity index (χ0n) is 9.08. The Labute approximate surface area is 94.3 Å². The summed E-state index contributed by atoms with van der Waals surface area (Å²) in [5.41, 5.74) is 6.70. The van der Waals surface area contributed by atoms with Crippen LogP contribution in [0.25, 0.3) is 0 Å². The van der Waals surface area contributed by atoms with Gasteiger partial charge in [-0.05, 0) is 17.2 Å². The summed E-state index contributed by atoms with van der Waals surface area (Å²) in [6, 6.07) is 10.3. The second kappa shape index (κ2) is 5.37. The van der Waals surface area contributed by atoms with E-state index in [1.807, 2.05) is 18.2 Å². The Morgan fingerprint density at radius 2 is 1.94 bits per heavy atom. The number of rotatable bonds is 5. The molecule has 84 valence electrons. The quantitative estimate of drug-likeness (QED) is 0.788. The van der Waals surface area contributed by atoms with Gasteiger partial charge in [-0.3, -0.25) is 0 Å². The number of aromatic nitrogens is 4. The Morgan fingerprint density at radius 1 is 1.12 bits per heavy atom. The Balaban J connectivity index is 1.89. The molecule has 0 amide bonds. The van der Waals surface area contributed by atoms with E-state index < -0.39 is 0 Å². The maximum absolute atomic E-state index is 5.41. The van der Waals surface area contributed by atoms with Crippen molar-refractivity contribution in [1.29, 1.82) is 0 Å². The molecule has 1 aromatic carbocycles. The molecule has 0 spiro atoms. The smallest absolute Gasteiger partial charge is 0.175 e. The lowest BCUT2D eigenvalue weighted by molar-refractivity contribution is 0.528. The van der Waals surface area contributed by atoms with E-state index >= 15 is 0 Å². The lowest BCUT2D eigenvalue weighted by Gasteiger charge is -1.96. The highest BCUT2D eigenvalue weighted by atomic mass is 15.6. The average molecular weight is 217 g/mol. The van der Waals surface area contributed by atoms with Crippen molar-refractivity contribution in [2.24, 2.45) is 5.73 Å². The summed E-state index contributed by atoms with van der Waals surface area (Å²) < 4.78 is 0. The molecular weight excluding hydrogens is 202 g/mol. The van der Waals surface area contributed by atoms with Gasteiger partial charge in [-0.1, -0.05) is 30.3 Å². The molecule has 0 bridgehead atoms. The Kier molecular flexibility index (Phi) is 3.61. The van der Waals surface area contributed by atoms with Crippen molar-refractivity contribution in [3.63, 3.8) is 0 Å². The molecule has 5 heteroatoms. The molecule has 0 aliphatic rings. The number of hydrogen-bond acceptors (Lipinski definition) is 4. The number of nitrogens with two attached hydrogens (primary N) is 1. The summed E-state index contributed by atoms with van der Waals surface area (Å²) >= 11 is 0. The molecular formula is C11H15N5. The monoisotopic (exact) mass is 217 g/mol. The Hall–Kier alpha value is -1.75. The lowest BCUT2D eigenvalue weighted by atomic mass is 10.1. The Morgan fingerprint density at radius 3 is 2.69 bits per heavy atom. The molecule has 0 aliphatic carbocycles. The van der Waals surface area contributed by atoms with Crippen LogP contribution in [-0.4, -0.2) is 26.8 Å². The molecule has 1 heterocycles. The van der Waals surface area contributed by atoms with E-state index in [1.54, 1.807) is 4.80 Å². The van der Waals surface area contributed by atoms with E-state index in [0.29, 0.717) is 13.1 Å². The first-order valence-corrected chi connectivity index (χ1v) is 5.39. The van der Waals surface area contributed by atoms with Crippen LogP contribution in [0.5, 0.6) is 0 Å². The van der Waals surface area contributed by atoms with Gasteiger partial charge in [0.2, 0.25) is 0 Å². The summed E-state index contributed by atoms with van der Waals surface area (Å²) in [6.07, 6.45) is 1.75. The fourth-order valence-electron chi connectivity index (χ4n) is 1.49. The van der Waals surface area contributed by atoms with E-state index in [-0.39, 0.29) is 0 Å². The molecule has 0 saturated carbocycles. The Bertz CT molecular complexity index is 423. The van der Waals surface area contributed by atoms with Gasteiger partial charge in [-0.25, -0.2) is 0 Å². The van der Waals surface area contributed by atoms with Crippen molar-refractivity contribution in [1.82, 2.24) is 20.2 Å². The van der Waals surface area contributed by atoms with Gasteiger partial charge in [0.25, 0.3) is 0 Å². The highest BCUT2D eigenvalue weighted by Crippen LogP contribution is 2.02. The van der Waals surface area contributed by atoms with Crippen molar-refractivity contribution < 1.29 is 0 Å². The molecule has 0 fully saturated rings. The van der Waals surface area contributed by atoms with Crippen LogP contribution in [-0.2, 0) is 19.4 Å². The minimum Gasteiger partial charge on any atom is -0.329 e. The molecule has 2 rings (SSSR count). The number of benzene rings is 1. The summed E-state index contributed by atoms with van der Waals surface area (Å²) in [4.78, 5) is 1.54. The summed E-state index contributed by atoms with van der Waals surface area (Å²) in [5.74, 6) is 0.775. The van der Waals surface area contributed by atoms with Gasteiger partial charge >= 0.3 is 0 Å². The van der Waals surface area contributed by atoms with E-state index in [1.165, 1.54) is 5.56 Å². The predicted octanol–water partition coefficient (Wildman–Crippen LogP) is 0.417. The SMILES string of the molecule is NCCn1nnc(CCc2ccccc2)n1. The summed E-state index contributed by atoms with van der Waals surface area (Å²) in [7, 11) is 0. The molecule has 1 aromatic heterocycles. The highest BCUT2D eigenvalue weighted by molar-refractivity contribution is 5.15. The standard InChI is InChI=1S/C11H15N5/c12-8-9-16-14-11(13-15-16)7-6-10-4-2-1-3-5-10/h1-5H,6-9,12H2. The molecule has 0 atom stereocenters. The second-order valence-electron chi connectivity index (χ2n) is 3.58. The largest absolute Gasteiger partial charge is 0.329 e. The maximum atomic E-state index is 5.41. The highest BCUT2D eigenvalue weighted by Gasteiger charge is 2.02. The number of aryl methyl sites for hydroxylation is 2. The number of tetrazole rings is 1. The third kappa shape index (κ3) is 2.87. The molecule has 0 radical (unpaired) electrons. The van der Waals surface area contributed by atoms with Crippen molar-refractivity contribution in [2.75, 3.05) is 6.54 Å². The topological polar surface area (TPSA) is 69.6 Å². The molecule has 5 nitrogen and oxygen atoms in total. The van der Waals surface area contributed by atoms with Crippen molar-refractivity contribution >= 4 is 0 Å². The van der Waals surface area contributed by atoms with Gasteiger partial charge in [-0.2, -0.15) is 4.80 Å². The summed E-state index contributed by atoms with van der Waals surface area (Å²) in [5, 5.41) is 12.1. The van der Waals surface area contributed by atoms with Crippen LogP contribution >= 0.6 is 0 Å². The fourth-order valence-corrected chi connectivity index (χ4v) is 1.49. The average Bonchev–Trinajstić information content (AvgIpc) is 2.76. The van der Waals surface area contributed by atoms with E-state index in [4.69, 9.17) is 5.73 Å². The van der Waals surface area contributed by atoms with Crippen LogP contribution in [0.4, 0.5) is 0 Å². The van der Waals surface area contributed by atoms with Crippen LogP contribution in [0.1, 0.15) is 11.4 Å². The minimum absolute atomic E-state index is 0.536. The number of nitrogens with zero attached hydrogens (tertiary/aromatic N) is 4. The van der Waals surface area contributed by atoms with Crippen LogP contribution in [0.2, 0.25) is 0 Å². The molecule has 2 N–H and O–H groups in total. The van der Waals surface area contributed by atoms with E-state index in [9.17, 15) is 0 Å². The third-order valence-corrected chi connectivity index (χ3v) is 2.30. The van der Waals surface area contributed by atoms with Crippen molar-refractivity contribution in [3.8, 4) is 0 Å². The molecule has 0 saturated heterocycles. The van der Waals surface area contributed by atoms with Gasteiger partial charge < -0.3 is 5.73 Å². The van der Waals surface area contributed by atoms with Gasteiger partial charge in [0.1, 0.15) is 0 Å². The maximum Gasteiger partial charge on any atom is 0.175 e. The van der Waals surface area contributed by atoms with E-state index in [0.717, 1.165) is 18.7 Å². The van der Waals surface area contributed by atoms with E-state index in [2.05, 4.69) is 27.5 Å². The van der Waals surface area contributed by atoms with Crippen LogP contribution in [0, 0.1) is 0 Å². The van der Waals surface area contributed by atoms with Crippen molar-refractivity contribution in [2.45, 2.75) is 19.4 Å². The second-order valence-corrected chi connectivity index (χ2v) is 3.58. The van der Waals surface area contributed by atoms with Crippen LogP contribution in [0.15, 0.2) is 30.3 Å². The zero-order chi connectivity index (χ0) is 11.2. The minimum atomic E-state index is 0.536. The van der Waals surface area contributed by atoms with Gasteiger partial charge in [0.05, 0.1) is 6.54 Å². The van der Waals surface area contributed by atoms with Crippen molar-refractivity contribution in [3.05, 3.63) is 41.7 Å². The normalized spacial score (nSPS) is 10.6. The molecule has 2 aromatic rings. The van der Waals surface area contributed by atoms with Gasteiger partial charge in [0, 0.05) is 13.0 Å². The van der Waals surface area contributed by atoms with Gasteiger partial charge in [-0.15, -0.1) is 10.2 Å². The molecule has 0 unspecified atom stereocenters. The van der Waals surface area contributed by atoms with Crippen LogP contribution in [0.3, 0.4) is 0 Å². The zero-order valence-corrected chi connectivity index (χ0v) is 9.08. The lowest BCUT2D eigenvalue weighted by Crippen LogP contribution is -2.12. The first-order valence-electron chi connectivity index (χ1n) is 5.39. The number of hydrogen-bond donors (Lipinski definition) is 1. The van der Waals surface area contributed by atoms with Gasteiger partial charge in [0.15, 0.2) is 5.82 Å². The van der Waals surface area contributed by atoms with Crippen LogP contribution < -0.4 is 5.73 Å². The molecule has 0 aliphatic heterocycles. The summed E-state index contributed by atoms with van der Waals surface area (Å²) in [6.45, 7) is 1.16. The molecule has 16 heavy (non-hydrogen) atoms. The first kappa shape index (κ1) is 10.8. The third-order valence-electron chi connectivity index (χ3n) is 2.30. The first-order chi connectivity index (χ1) is 7.88. The predicted molar refractivity (Wildman–Crippen MR) is 60.7 cm³/mol.